The summed E-state index contributed by atoms with van der Waals surface area (Å²) in [4.78, 5) is 27.0. The molecule has 0 fully saturated rings. The number of ether oxygens (including phenoxy) is 1. The van der Waals surface area contributed by atoms with Gasteiger partial charge in [-0.05, 0) is 42.7 Å². The third-order valence-electron chi connectivity index (χ3n) is 5.22. The van der Waals surface area contributed by atoms with Gasteiger partial charge in [-0.3, -0.25) is 4.79 Å². The second-order valence-electron chi connectivity index (χ2n) is 7.60. The summed E-state index contributed by atoms with van der Waals surface area (Å²) in [5.74, 6) is -0.625. The minimum atomic E-state index is -0.703. The molecule has 0 heterocycles. The van der Waals surface area contributed by atoms with Gasteiger partial charge in [-0.15, -0.1) is 0 Å². The molecule has 0 bridgehead atoms. The molecule has 0 aromatic heterocycles. The number of benzene rings is 3. The largest absolute Gasteiger partial charge is 0.467 e. The molecule has 1 unspecified atom stereocenters. The van der Waals surface area contributed by atoms with E-state index in [0.717, 1.165) is 27.8 Å². The van der Waals surface area contributed by atoms with Gasteiger partial charge in [-0.25, -0.2) is 4.79 Å². The number of likely N-dealkylation sites (N-methyl/N-ethyl adjacent to an activating group) is 1. The SMILES string of the molecule is COC(=O)C(Cc1ccc(-c2ccccc2)cc1)N(C)C(=O)c1cc(C)cc(C)c1. The van der Waals surface area contributed by atoms with Crippen LogP contribution in [0.15, 0.2) is 72.8 Å². The minimum absolute atomic E-state index is 0.196. The summed E-state index contributed by atoms with van der Waals surface area (Å²) in [5.41, 5.74) is 5.80. The minimum Gasteiger partial charge on any atom is -0.467 e. The van der Waals surface area contributed by atoms with Crippen LogP contribution in [0.4, 0.5) is 0 Å². The number of aryl methyl sites for hydroxylation is 2. The summed E-state index contributed by atoms with van der Waals surface area (Å²) in [5, 5.41) is 0. The van der Waals surface area contributed by atoms with Gasteiger partial charge in [0.15, 0.2) is 0 Å². The summed E-state index contributed by atoms with van der Waals surface area (Å²) in [7, 11) is 3.00. The zero-order chi connectivity index (χ0) is 21.7. The molecule has 0 aliphatic rings. The van der Waals surface area contributed by atoms with Crippen molar-refractivity contribution in [1.29, 1.82) is 0 Å². The predicted octanol–water partition coefficient (Wildman–Crippen LogP) is 4.83. The number of hydrogen-bond acceptors (Lipinski definition) is 3. The molecule has 3 rings (SSSR count). The van der Waals surface area contributed by atoms with Crippen molar-refractivity contribution in [2.75, 3.05) is 14.2 Å². The summed E-state index contributed by atoms with van der Waals surface area (Å²) in [6.07, 6.45) is 0.384. The van der Waals surface area contributed by atoms with Gasteiger partial charge in [0.2, 0.25) is 0 Å². The van der Waals surface area contributed by atoms with Crippen LogP contribution in [0.3, 0.4) is 0 Å². The second-order valence-corrected chi connectivity index (χ2v) is 7.60. The monoisotopic (exact) mass is 401 g/mol. The third kappa shape index (κ3) is 4.95. The number of rotatable bonds is 6. The Bertz CT molecular complexity index is 1010. The predicted molar refractivity (Wildman–Crippen MR) is 119 cm³/mol. The summed E-state index contributed by atoms with van der Waals surface area (Å²) < 4.78 is 5.00. The van der Waals surface area contributed by atoms with Gasteiger partial charge in [0.1, 0.15) is 6.04 Å². The maximum Gasteiger partial charge on any atom is 0.328 e. The molecule has 0 aliphatic carbocycles. The number of esters is 1. The molecule has 154 valence electrons. The molecule has 3 aromatic carbocycles. The van der Waals surface area contributed by atoms with Crippen LogP contribution in [0, 0.1) is 13.8 Å². The van der Waals surface area contributed by atoms with Crippen molar-refractivity contribution in [3.63, 3.8) is 0 Å². The highest BCUT2D eigenvalue weighted by atomic mass is 16.5. The van der Waals surface area contributed by atoms with Crippen LogP contribution in [-0.4, -0.2) is 37.0 Å². The molecule has 0 aliphatic heterocycles. The van der Waals surface area contributed by atoms with Crippen molar-refractivity contribution in [2.45, 2.75) is 26.3 Å². The molecule has 0 spiro atoms. The van der Waals surface area contributed by atoms with Crippen molar-refractivity contribution < 1.29 is 14.3 Å². The Labute approximate surface area is 178 Å². The number of nitrogens with zero attached hydrogens (tertiary/aromatic N) is 1. The number of carbonyl (C=O) groups is 2. The van der Waals surface area contributed by atoms with E-state index in [-0.39, 0.29) is 5.91 Å². The fourth-order valence-electron chi connectivity index (χ4n) is 3.64. The van der Waals surface area contributed by atoms with E-state index in [9.17, 15) is 9.59 Å². The topological polar surface area (TPSA) is 46.6 Å². The summed E-state index contributed by atoms with van der Waals surface area (Å²) >= 11 is 0. The molecule has 1 amide bonds. The van der Waals surface area contributed by atoms with Gasteiger partial charge in [-0.2, -0.15) is 0 Å². The van der Waals surface area contributed by atoms with E-state index in [4.69, 9.17) is 4.74 Å². The number of hydrogen-bond donors (Lipinski definition) is 0. The van der Waals surface area contributed by atoms with Crippen molar-refractivity contribution in [2.24, 2.45) is 0 Å². The van der Waals surface area contributed by atoms with Gasteiger partial charge < -0.3 is 9.64 Å². The molecule has 0 N–H and O–H groups in total. The normalized spacial score (nSPS) is 11.6. The number of methoxy groups -OCH3 is 1. The van der Waals surface area contributed by atoms with Crippen LogP contribution in [-0.2, 0) is 16.0 Å². The number of carbonyl (C=O) groups excluding carboxylic acids is 2. The second kappa shape index (κ2) is 9.40. The maximum atomic E-state index is 13.1. The van der Waals surface area contributed by atoms with E-state index in [1.165, 1.54) is 12.0 Å². The van der Waals surface area contributed by atoms with E-state index in [1.54, 1.807) is 7.05 Å². The Hall–Kier alpha value is -3.40. The van der Waals surface area contributed by atoms with Gasteiger partial charge in [0, 0.05) is 19.0 Å². The van der Waals surface area contributed by atoms with Gasteiger partial charge >= 0.3 is 5.97 Å². The van der Waals surface area contributed by atoms with Crippen LogP contribution in [0.2, 0.25) is 0 Å². The lowest BCUT2D eigenvalue weighted by Gasteiger charge is -2.26. The number of amides is 1. The molecule has 1 atom stereocenters. The molecule has 3 aromatic rings. The quantitative estimate of drug-likeness (QED) is 0.556. The lowest BCUT2D eigenvalue weighted by atomic mass is 9.99. The highest BCUT2D eigenvalue weighted by Gasteiger charge is 2.29. The van der Waals surface area contributed by atoms with Gasteiger partial charge in [-0.1, -0.05) is 71.8 Å². The fourth-order valence-corrected chi connectivity index (χ4v) is 3.64. The first-order valence-electron chi connectivity index (χ1n) is 9.96. The van der Waals surface area contributed by atoms with E-state index in [0.29, 0.717) is 12.0 Å². The average molecular weight is 402 g/mol. The lowest BCUT2D eigenvalue weighted by Crippen LogP contribution is -2.44. The van der Waals surface area contributed by atoms with Crippen molar-refractivity contribution in [1.82, 2.24) is 4.90 Å². The lowest BCUT2D eigenvalue weighted by molar-refractivity contribution is -0.145. The summed E-state index contributed by atoms with van der Waals surface area (Å²) in [6.45, 7) is 3.91. The highest BCUT2D eigenvalue weighted by molar-refractivity contribution is 5.97. The average Bonchev–Trinajstić information content (AvgIpc) is 2.76. The first-order valence-corrected chi connectivity index (χ1v) is 9.96. The van der Waals surface area contributed by atoms with E-state index >= 15 is 0 Å². The Morgan fingerprint density at radius 3 is 2.00 bits per heavy atom. The molecule has 4 heteroatoms. The Morgan fingerprint density at radius 2 is 1.43 bits per heavy atom. The first kappa shape index (κ1) is 21.3. The van der Waals surface area contributed by atoms with Crippen molar-refractivity contribution in [3.8, 4) is 11.1 Å². The van der Waals surface area contributed by atoms with Crippen LogP contribution in [0.25, 0.3) is 11.1 Å². The standard InChI is InChI=1S/C26H27NO3/c1-18-14-19(2)16-23(15-18)25(28)27(3)24(26(29)30-4)17-20-10-12-22(13-11-20)21-8-6-5-7-9-21/h5-16,24H,17H2,1-4H3. The van der Waals surface area contributed by atoms with Crippen LogP contribution in [0.1, 0.15) is 27.0 Å². The Morgan fingerprint density at radius 1 is 0.867 bits per heavy atom. The van der Waals surface area contributed by atoms with E-state index in [2.05, 4.69) is 12.1 Å². The Balaban J connectivity index is 1.82. The smallest absolute Gasteiger partial charge is 0.328 e. The molecular formula is C26H27NO3. The molecule has 30 heavy (non-hydrogen) atoms. The van der Waals surface area contributed by atoms with Crippen LogP contribution in [0.5, 0.6) is 0 Å². The molecule has 4 nitrogen and oxygen atoms in total. The van der Waals surface area contributed by atoms with E-state index in [1.807, 2.05) is 74.5 Å². The molecule has 0 saturated heterocycles. The summed E-state index contributed by atoms with van der Waals surface area (Å²) in [6, 6.07) is 23.2. The zero-order valence-corrected chi connectivity index (χ0v) is 17.9. The van der Waals surface area contributed by atoms with Crippen LogP contribution >= 0.6 is 0 Å². The van der Waals surface area contributed by atoms with Crippen molar-refractivity contribution >= 4 is 11.9 Å². The first-order chi connectivity index (χ1) is 14.4. The highest BCUT2D eigenvalue weighted by Crippen LogP contribution is 2.21. The molecular weight excluding hydrogens is 374 g/mol. The maximum absolute atomic E-state index is 13.1. The fraction of sp³-hybridized carbons (Fsp3) is 0.231. The van der Waals surface area contributed by atoms with Gasteiger partial charge in [0.05, 0.1) is 7.11 Å². The van der Waals surface area contributed by atoms with Crippen LogP contribution < -0.4 is 0 Å². The third-order valence-corrected chi connectivity index (χ3v) is 5.22. The molecule has 0 radical (unpaired) electrons. The van der Waals surface area contributed by atoms with Gasteiger partial charge in [0.25, 0.3) is 5.91 Å². The van der Waals surface area contributed by atoms with E-state index < -0.39 is 12.0 Å². The molecule has 0 saturated carbocycles. The zero-order valence-electron chi connectivity index (χ0n) is 17.9. The Kier molecular flexibility index (Phi) is 6.68. The van der Waals surface area contributed by atoms with Crippen molar-refractivity contribution in [3.05, 3.63) is 95.1 Å².